The minimum Gasteiger partial charge on any atom is -0.361 e. The summed E-state index contributed by atoms with van der Waals surface area (Å²) in [5.74, 6) is 0.355. The first kappa shape index (κ1) is 14.5. The van der Waals surface area contributed by atoms with Gasteiger partial charge in [-0.05, 0) is 54.5 Å². The molecule has 0 amide bonds. The molecule has 1 aliphatic carbocycles. The van der Waals surface area contributed by atoms with Gasteiger partial charge >= 0.3 is 0 Å². The van der Waals surface area contributed by atoms with Crippen molar-refractivity contribution in [1.29, 1.82) is 0 Å². The molecule has 0 spiro atoms. The Kier molecular flexibility index (Phi) is 3.88. The molecule has 1 aromatic heterocycles. The van der Waals surface area contributed by atoms with Gasteiger partial charge in [0.05, 0.1) is 0 Å². The summed E-state index contributed by atoms with van der Waals surface area (Å²) in [5, 5.41) is 4.71. The Morgan fingerprint density at radius 3 is 2.83 bits per heavy atom. The second-order valence-electron chi connectivity index (χ2n) is 6.51. The van der Waals surface area contributed by atoms with Crippen molar-refractivity contribution in [1.82, 2.24) is 10.3 Å². The fourth-order valence-electron chi connectivity index (χ4n) is 3.76. The van der Waals surface area contributed by atoms with Crippen molar-refractivity contribution in [3.05, 3.63) is 71.7 Å². The van der Waals surface area contributed by atoms with E-state index in [1.165, 1.54) is 23.6 Å². The van der Waals surface area contributed by atoms with Crippen LogP contribution >= 0.6 is 0 Å². The van der Waals surface area contributed by atoms with Crippen molar-refractivity contribution in [3.8, 4) is 0 Å². The third-order valence-corrected chi connectivity index (χ3v) is 4.99. The zero-order valence-electron chi connectivity index (χ0n) is 13.1. The topological polar surface area (TPSA) is 27.8 Å². The molecule has 1 heterocycles. The SMILES string of the molecule is Fc1ccc2[nH]cc([C@@H]3CC[C@H](NCc4ccccc4)C3)c2c1. The van der Waals surface area contributed by atoms with Crippen LogP contribution in [-0.2, 0) is 6.54 Å². The fourth-order valence-corrected chi connectivity index (χ4v) is 3.76. The van der Waals surface area contributed by atoms with E-state index in [1.807, 2.05) is 12.1 Å². The highest BCUT2D eigenvalue weighted by Crippen LogP contribution is 2.38. The smallest absolute Gasteiger partial charge is 0.123 e. The normalized spacial score (nSPS) is 21.1. The number of benzene rings is 2. The molecule has 2 atom stereocenters. The van der Waals surface area contributed by atoms with Gasteiger partial charge in [0, 0.05) is 29.7 Å². The molecule has 23 heavy (non-hydrogen) atoms. The number of hydrogen-bond acceptors (Lipinski definition) is 1. The molecule has 2 N–H and O–H groups in total. The van der Waals surface area contributed by atoms with E-state index in [9.17, 15) is 4.39 Å². The maximum Gasteiger partial charge on any atom is 0.123 e. The number of halogens is 1. The van der Waals surface area contributed by atoms with Crippen LogP contribution in [0.25, 0.3) is 10.9 Å². The lowest BCUT2D eigenvalue weighted by Crippen LogP contribution is -2.25. The maximum atomic E-state index is 13.5. The second-order valence-corrected chi connectivity index (χ2v) is 6.51. The van der Waals surface area contributed by atoms with E-state index in [2.05, 4.69) is 40.8 Å². The van der Waals surface area contributed by atoms with Gasteiger partial charge in [-0.1, -0.05) is 30.3 Å². The molecule has 3 heteroatoms. The first-order chi connectivity index (χ1) is 11.3. The van der Waals surface area contributed by atoms with Gasteiger partial charge in [-0.25, -0.2) is 4.39 Å². The lowest BCUT2D eigenvalue weighted by atomic mass is 9.97. The van der Waals surface area contributed by atoms with E-state index in [0.29, 0.717) is 12.0 Å². The Balaban J connectivity index is 1.44. The molecular weight excluding hydrogens is 287 g/mol. The monoisotopic (exact) mass is 308 g/mol. The van der Waals surface area contributed by atoms with Crippen molar-refractivity contribution in [2.75, 3.05) is 0 Å². The minimum absolute atomic E-state index is 0.157. The highest BCUT2D eigenvalue weighted by Gasteiger charge is 2.27. The van der Waals surface area contributed by atoms with E-state index in [1.54, 1.807) is 6.07 Å². The molecule has 0 bridgehead atoms. The lowest BCUT2D eigenvalue weighted by Gasteiger charge is -2.13. The molecule has 0 radical (unpaired) electrons. The van der Waals surface area contributed by atoms with E-state index in [0.717, 1.165) is 30.3 Å². The predicted octanol–water partition coefficient (Wildman–Crippen LogP) is 4.73. The molecule has 2 aromatic carbocycles. The highest BCUT2D eigenvalue weighted by molar-refractivity contribution is 5.83. The number of H-pyrrole nitrogens is 1. The number of hydrogen-bond donors (Lipinski definition) is 2. The Hall–Kier alpha value is -2.13. The van der Waals surface area contributed by atoms with E-state index < -0.39 is 0 Å². The van der Waals surface area contributed by atoms with E-state index in [4.69, 9.17) is 0 Å². The Bertz CT molecular complexity index is 794. The standard InChI is InChI=1S/C20H21FN2/c21-16-7-9-20-18(11-16)19(13-23-20)15-6-8-17(10-15)22-12-14-4-2-1-3-5-14/h1-5,7,9,11,13,15,17,22-23H,6,8,10,12H2/t15-,17+/m1/s1. The van der Waals surface area contributed by atoms with Crippen molar-refractivity contribution in [2.45, 2.75) is 37.8 Å². The molecule has 1 saturated carbocycles. The van der Waals surface area contributed by atoms with Crippen molar-refractivity contribution in [2.24, 2.45) is 0 Å². The fraction of sp³-hybridized carbons (Fsp3) is 0.300. The van der Waals surface area contributed by atoms with Gasteiger partial charge in [0.15, 0.2) is 0 Å². The summed E-state index contributed by atoms with van der Waals surface area (Å²) in [5.41, 5.74) is 3.62. The molecule has 1 fully saturated rings. The van der Waals surface area contributed by atoms with Gasteiger partial charge in [0.1, 0.15) is 5.82 Å². The number of aromatic amines is 1. The van der Waals surface area contributed by atoms with Crippen LogP contribution in [0.3, 0.4) is 0 Å². The summed E-state index contributed by atoms with van der Waals surface area (Å²) < 4.78 is 13.5. The van der Waals surface area contributed by atoms with Crippen molar-refractivity contribution in [3.63, 3.8) is 0 Å². The molecule has 0 unspecified atom stereocenters. The van der Waals surface area contributed by atoms with Gasteiger partial charge in [-0.2, -0.15) is 0 Å². The molecule has 2 nitrogen and oxygen atoms in total. The van der Waals surface area contributed by atoms with Gasteiger partial charge < -0.3 is 10.3 Å². The number of aromatic nitrogens is 1. The first-order valence-corrected chi connectivity index (χ1v) is 8.33. The quantitative estimate of drug-likeness (QED) is 0.716. The molecular formula is C20H21FN2. The Morgan fingerprint density at radius 2 is 1.96 bits per heavy atom. The number of rotatable bonds is 4. The third kappa shape index (κ3) is 3.02. The van der Waals surface area contributed by atoms with Crippen LogP contribution in [0.2, 0.25) is 0 Å². The van der Waals surface area contributed by atoms with Crippen LogP contribution in [0.5, 0.6) is 0 Å². The Labute approximate surface area is 135 Å². The van der Waals surface area contributed by atoms with Crippen LogP contribution in [-0.4, -0.2) is 11.0 Å². The number of nitrogens with one attached hydrogen (secondary N) is 2. The zero-order chi connectivity index (χ0) is 15.6. The average Bonchev–Trinajstić information content (AvgIpc) is 3.20. The number of fused-ring (bicyclic) bond motifs is 1. The summed E-state index contributed by atoms with van der Waals surface area (Å²) in [4.78, 5) is 3.28. The summed E-state index contributed by atoms with van der Waals surface area (Å²) in [6, 6.07) is 16.1. The van der Waals surface area contributed by atoms with E-state index >= 15 is 0 Å². The molecule has 0 saturated heterocycles. The summed E-state index contributed by atoms with van der Waals surface area (Å²) in [6.45, 7) is 0.917. The highest BCUT2D eigenvalue weighted by atomic mass is 19.1. The zero-order valence-corrected chi connectivity index (χ0v) is 13.1. The first-order valence-electron chi connectivity index (χ1n) is 8.33. The van der Waals surface area contributed by atoms with Gasteiger partial charge in [0.25, 0.3) is 0 Å². The summed E-state index contributed by atoms with van der Waals surface area (Å²) >= 11 is 0. The lowest BCUT2D eigenvalue weighted by molar-refractivity contribution is 0.518. The van der Waals surface area contributed by atoms with Gasteiger partial charge in [-0.3, -0.25) is 0 Å². The minimum atomic E-state index is -0.157. The van der Waals surface area contributed by atoms with E-state index in [-0.39, 0.29) is 5.82 Å². The van der Waals surface area contributed by atoms with Crippen molar-refractivity contribution >= 4 is 10.9 Å². The summed E-state index contributed by atoms with van der Waals surface area (Å²) in [7, 11) is 0. The third-order valence-electron chi connectivity index (χ3n) is 4.99. The van der Waals surface area contributed by atoms with Crippen molar-refractivity contribution < 1.29 is 4.39 Å². The second kappa shape index (κ2) is 6.17. The summed E-state index contributed by atoms with van der Waals surface area (Å²) in [6.07, 6.45) is 5.53. The van der Waals surface area contributed by atoms with Crippen LogP contribution in [0.4, 0.5) is 4.39 Å². The molecule has 118 valence electrons. The maximum absolute atomic E-state index is 13.5. The molecule has 4 rings (SSSR count). The van der Waals surface area contributed by atoms with Crippen LogP contribution in [0.15, 0.2) is 54.7 Å². The molecule has 3 aromatic rings. The largest absolute Gasteiger partial charge is 0.361 e. The van der Waals surface area contributed by atoms with Crippen LogP contribution in [0, 0.1) is 5.82 Å². The van der Waals surface area contributed by atoms with Crippen LogP contribution < -0.4 is 5.32 Å². The van der Waals surface area contributed by atoms with Gasteiger partial charge in [-0.15, -0.1) is 0 Å². The average molecular weight is 308 g/mol. The molecule has 0 aliphatic heterocycles. The van der Waals surface area contributed by atoms with Gasteiger partial charge in [0.2, 0.25) is 0 Å². The predicted molar refractivity (Wildman–Crippen MR) is 91.9 cm³/mol. The Morgan fingerprint density at radius 1 is 1.09 bits per heavy atom. The van der Waals surface area contributed by atoms with Crippen LogP contribution in [0.1, 0.15) is 36.3 Å². The molecule has 1 aliphatic rings.